The molecule has 0 unspecified atom stereocenters. The Balaban J connectivity index is 1.68. The van der Waals surface area contributed by atoms with Crippen molar-refractivity contribution in [2.45, 2.75) is 37.1 Å². The first-order valence-electron chi connectivity index (χ1n) is 6.85. The van der Waals surface area contributed by atoms with Crippen molar-refractivity contribution < 1.29 is 12.8 Å². The summed E-state index contributed by atoms with van der Waals surface area (Å²) >= 11 is 1.55. The van der Waals surface area contributed by atoms with Crippen molar-refractivity contribution in [1.29, 1.82) is 0 Å². The second-order valence-corrected chi connectivity index (χ2v) is 8.02. The van der Waals surface area contributed by atoms with Gasteiger partial charge in [-0.1, -0.05) is 0 Å². The molecule has 0 spiro atoms. The minimum absolute atomic E-state index is 0.00725. The Morgan fingerprint density at radius 1 is 1.38 bits per heavy atom. The third-order valence-electron chi connectivity index (χ3n) is 3.43. The highest BCUT2D eigenvalue weighted by Crippen LogP contribution is 2.22. The lowest BCUT2D eigenvalue weighted by Gasteiger charge is -2.14. The van der Waals surface area contributed by atoms with Gasteiger partial charge in [-0.05, 0) is 47.4 Å². The third-order valence-corrected chi connectivity index (χ3v) is 5.84. The van der Waals surface area contributed by atoms with Gasteiger partial charge in [-0.2, -0.15) is 15.6 Å². The van der Waals surface area contributed by atoms with Gasteiger partial charge in [-0.3, -0.25) is 0 Å². The maximum Gasteiger partial charge on any atom is 0.276 e. The van der Waals surface area contributed by atoms with Gasteiger partial charge in [0.25, 0.3) is 10.0 Å². The van der Waals surface area contributed by atoms with E-state index in [0.29, 0.717) is 24.9 Å². The first kappa shape index (κ1) is 14.8. The number of hydrogen-bond donors (Lipinski definition) is 1. The number of nitrogens with zero attached hydrogens (tertiary/aromatic N) is 1. The second-order valence-electron chi connectivity index (χ2n) is 5.27. The smallest absolute Gasteiger partial charge is 0.276 e. The van der Waals surface area contributed by atoms with Gasteiger partial charge < -0.3 is 9.73 Å². The van der Waals surface area contributed by atoms with Crippen LogP contribution in [-0.2, 0) is 23.1 Å². The molecule has 1 N–H and O–H groups in total. The molecule has 2 aromatic heterocycles. The van der Waals surface area contributed by atoms with Crippen LogP contribution in [0.1, 0.15) is 24.2 Å². The molecule has 1 aliphatic carbocycles. The number of sulfonamides is 1. The Morgan fingerprint density at radius 2 is 2.19 bits per heavy atom. The van der Waals surface area contributed by atoms with Crippen LogP contribution < -0.4 is 5.32 Å². The molecule has 0 bridgehead atoms. The van der Waals surface area contributed by atoms with Gasteiger partial charge in [0.05, 0.1) is 6.54 Å². The van der Waals surface area contributed by atoms with Crippen LogP contribution in [0.4, 0.5) is 0 Å². The third kappa shape index (κ3) is 3.55. The van der Waals surface area contributed by atoms with E-state index in [1.54, 1.807) is 24.5 Å². The number of nitrogens with one attached hydrogen (secondary N) is 1. The van der Waals surface area contributed by atoms with Crippen LogP contribution in [0.25, 0.3) is 0 Å². The van der Waals surface area contributed by atoms with E-state index in [-0.39, 0.29) is 5.09 Å². The first-order chi connectivity index (χ1) is 10.1. The Labute approximate surface area is 128 Å². The van der Waals surface area contributed by atoms with Gasteiger partial charge in [0, 0.05) is 19.6 Å². The maximum absolute atomic E-state index is 12.4. The lowest BCUT2D eigenvalue weighted by atomic mass is 10.3. The molecule has 0 aliphatic heterocycles. The van der Waals surface area contributed by atoms with Crippen LogP contribution >= 0.6 is 11.3 Å². The predicted molar refractivity (Wildman–Crippen MR) is 81.5 cm³/mol. The van der Waals surface area contributed by atoms with Gasteiger partial charge in [0.2, 0.25) is 5.09 Å². The molecule has 2 aromatic rings. The Kier molecular flexibility index (Phi) is 4.17. The minimum atomic E-state index is -3.57. The van der Waals surface area contributed by atoms with Gasteiger partial charge in [0.15, 0.2) is 0 Å². The topological polar surface area (TPSA) is 62.6 Å². The zero-order valence-electron chi connectivity index (χ0n) is 11.8. The molecule has 0 aromatic carbocycles. The van der Waals surface area contributed by atoms with Crippen LogP contribution in [0.3, 0.4) is 0 Å². The van der Waals surface area contributed by atoms with E-state index >= 15 is 0 Å². The molecule has 0 saturated heterocycles. The summed E-state index contributed by atoms with van der Waals surface area (Å²) in [6.45, 7) is 0.927. The molecule has 5 nitrogen and oxygen atoms in total. The first-order valence-corrected chi connectivity index (χ1v) is 9.23. The molecule has 21 heavy (non-hydrogen) atoms. The summed E-state index contributed by atoms with van der Waals surface area (Å²) in [4.78, 5) is 0. The Hall–Kier alpha value is -1.15. The quantitative estimate of drug-likeness (QED) is 0.849. The Morgan fingerprint density at radius 3 is 2.86 bits per heavy atom. The molecule has 1 fully saturated rings. The normalized spacial score (nSPS) is 15.7. The molecule has 0 radical (unpaired) electrons. The molecule has 2 heterocycles. The van der Waals surface area contributed by atoms with Crippen molar-refractivity contribution in [3.63, 3.8) is 0 Å². The van der Waals surface area contributed by atoms with Gasteiger partial charge in [-0.25, -0.2) is 8.42 Å². The average Bonchev–Trinajstić information content (AvgIpc) is 2.93. The molecule has 3 rings (SSSR count). The summed E-state index contributed by atoms with van der Waals surface area (Å²) in [5, 5.41) is 7.19. The van der Waals surface area contributed by atoms with E-state index in [4.69, 9.17) is 4.42 Å². The average molecular weight is 326 g/mol. The SMILES string of the molecule is CN(Cc1ccsc1)S(=O)(=O)c1ccc(CNC2CC2)o1. The largest absolute Gasteiger partial charge is 0.447 e. The Bertz CT molecular complexity index is 688. The minimum Gasteiger partial charge on any atom is -0.447 e. The predicted octanol–water partition coefficient (Wildman–Crippen LogP) is 2.41. The fourth-order valence-corrected chi connectivity index (χ4v) is 3.74. The van der Waals surface area contributed by atoms with Gasteiger partial charge >= 0.3 is 0 Å². The number of hydrogen-bond acceptors (Lipinski definition) is 5. The second kappa shape index (κ2) is 5.92. The van der Waals surface area contributed by atoms with Crippen molar-refractivity contribution >= 4 is 21.4 Å². The van der Waals surface area contributed by atoms with Gasteiger partial charge in [-0.15, -0.1) is 0 Å². The molecular weight excluding hydrogens is 308 g/mol. The monoisotopic (exact) mass is 326 g/mol. The molecule has 1 saturated carbocycles. The van der Waals surface area contributed by atoms with Crippen LogP contribution in [0, 0.1) is 0 Å². The summed E-state index contributed by atoms with van der Waals surface area (Å²) in [6.07, 6.45) is 2.38. The van der Waals surface area contributed by atoms with Crippen LogP contribution in [0.15, 0.2) is 38.5 Å². The lowest BCUT2D eigenvalue weighted by Crippen LogP contribution is -2.26. The summed E-state index contributed by atoms with van der Waals surface area (Å²) < 4.78 is 31.7. The molecule has 0 atom stereocenters. The molecule has 0 amide bonds. The number of rotatable bonds is 7. The van der Waals surface area contributed by atoms with Crippen LogP contribution in [0.2, 0.25) is 0 Å². The summed E-state index contributed by atoms with van der Waals surface area (Å²) in [5.74, 6) is 0.657. The van der Waals surface area contributed by atoms with Crippen molar-refractivity contribution in [1.82, 2.24) is 9.62 Å². The van der Waals surface area contributed by atoms with E-state index in [1.807, 2.05) is 16.8 Å². The highest BCUT2D eigenvalue weighted by molar-refractivity contribution is 7.88. The highest BCUT2D eigenvalue weighted by Gasteiger charge is 2.25. The standard InChI is InChI=1S/C14H18N2O3S2/c1-16(9-11-6-7-20-10-11)21(17,18)14-5-4-13(19-14)8-15-12-2-3-12/h4-7,10,12,15H,2-3,8-9H2,1H3. The fourth-order valence-electron chi connectivity index (χ4n) is 2.00. The molecule has 1 aliphatic rings. The molecule has 114 valence electrons. The van der Waals surface area contributed by atoms with E-state index in [0.717, 1.165) is 5.56 Å². The van der Waals surface area contributed by atoms with Crippen molar-refractivity contribution in [2.75, 3.05) is 7.05 Å². The van der Waals surface area contributed by atoms with E-state index in [1.165, 1.54) is 23.2 Å². The van der Waals surface area contributed by atoms with Crippen LogP contribution in [-0.4, -0.2) is 25.8 Å². The van der Waals surface area contributed by atoms with Crippen LogP contribution in [0.5, 0.6) is 0 Å². The zero-order valence-corrected chi connectivity index (χ0v) is 13.4. The van der Waals surface area contributed by atoms with Crippen molar-refractivity contribution in [3.8, 4) is 0 Å². The zero-order chi connectivity index (χ0) is 14.9. The molecular formula is C14H18N2O3S2. The van der Waals surface area contributed by atoms with E-state index in [9.17, 15) is 8.42 Å². The summed E-state index contributed by atoms with van der Waals surface area (Å²) in [6, 6.07) is 5.74. The fraction of sp³-hybridized carbons (Fsp3) is 0.429. The molecule has 7 heteroatoms. The number of thiophene rings is 1. The lowest BCUT2D eigenvalue weighted by molar-refractivity contribution is 0.379. The highest BCUT2D eigenvalue weighted by atomic mass is 32.2. The van der Waals surface area contributed by atoms with E-state index < -0.39 is 10.0 Å². The summed E-state index contributed by atoms with van der Waals surface area (Å²) in [5.41, 5.74) is 0.980. The number of furan rings is 1. The van der Waals surface area contributed by atoms with E-state index in [2.05, 4.69) is 5.32 Å². The van der Waals surface area contributed by atoms with Crippen molar-refractivity contribution in [3.05, 3.63) is 40.3 Å². The summed E-state index contributed by atoms with van der Waals surface area (Å²) in [7, 11) is -2.01. The van der Waals surface area contributed by atoms with Gasteiger partial charge in [0.1, 0.15) is 5.76 Å². The van der Waals surface area contributed by atoms with Crippen molar-refractivity contribution in [2.24, 2.45) is 0 Å². The maximum atomic E-state index is 12.4.